The molecule has 0 aliphatic carbocycles. The van der Waals surface area contributed by atoms with Crippen LogP contribution in [0.15, 0.2) is 47.1 Å². The van der Waals surface area contributed by atoms with Gasteiger partial charge in [-0.15, -0.1) is 0 Å². The Balaban J connectivity index is 2.20. The SMILES string of the molecule is CC(C)(C)NC(=O)N(Cc1cccc(OS(C)(=O)=O)c1)Cc1ccco1. The Labute approximate surface area is 154 Å². The van der Waals surface area contributed by atoms with E-state index in [0.29, 0.717) is 5.76 Å². The molecule has 26 heavy (non-hydrogen) atoms. The van der Waals surface area contributed by atoms with Gasteiger partial charge in [0.25, 0.3) is 0 Å². The van der Waals surface area contributed by atoms with E-state index in [9.17, 15) is 13.2 Å². The molecule has 7 nitrogen and oxygen atoms in total. The molecule has 0 fully saturated rings. The van der Waals surface area contributed by atoms with Gasteiger partial charge in [-0.2, -0.15) is 8.42 Å². The van der Waals surface area contributed by atoms with Crippen molar-refractivity contribution >= 4 is 16.1 Å². The Bertz CT molecular complexity index is 839. The summed E-state index contributed by atoms with van der Waals surface area (Å²) in [4.78, 5) is 14.2. The summed E-state index contributed by atoms with van der Waals surface area (Å²) in [6.45, 7) is 6.25. The molecule has 0 saturated heterocycles. The molecule has 8 heteroatoms. The van der Waals surface area contributed by atoms with Crippen molar-refractivity contribution in [3.63, 3.8) is 0 Å². The maximum Gasteiger partial charge on any atom is 0.318 e. The van der Waals surface area contributed by atoms with Crippen LogP contribution in [0.3, 0.4) is 0 Å². The molecule has 0 aliphatic heterocycles. The normalized spacial score (nSPS) is 11.8. The number of rotatable bonds is 6. The fraction of sp³-hybridized carbons (Fsp3) is 0.389. The summed E-state index contributed by atoms with van der Waals surface area (Å²) in [7, 11) is -3.61. The molecule has 2 aromatic rings. The molecule has 0 saturated carbocycles. The van der Waals surface area contributed by atoms with Gasteiger partial charge in [0.1, 0.15) is 11.5 Å². The summed E-state index contributed by atoms with van der Waals surface area (Å²) in [5.41, 5.74) is 0.349. The fourth-order valence-electron chi connectivity index (χ4n) is 2.28. The quantitative estimate of drug-likeness (QED) is 0.778. The molecule has 0 radical (unpaired) electrons. The highest BCUT2D eigenvalue weighted by Gasteiger charge is 2.21. The minimum absolute atomic E-state index is 0.208. The van der Waals surface area contributed by atoms with E-state index >= 15 is 0 Å². The Kier molecular flexibility index (Phi) is 5.97. The monoisotopic (exact) mass is 380 g/mol. The van der Waals surface area contributed by atoms with E-state index in [1.54, 1.807) is 47.6 Å². The van der Waals surface area contributed by atoms with Crippen molar-refractivity contribution in [3.05, 3.63) is 54.0 Å². The molecule has 0 unspecified atom stereocenters. The number of hydrogen-bond donors (Lipinski definition) is 1. The van der Waals surface area contributed by atoms with E-state index in [0.717, 1.165) is 11.8 Å². The first-order valence-electron chi connectivity index (χ1n) is 8.10. The first-order valence-corrected chi connectivity index (χ1v) is 9.91. The predicted molar refractivity (Wildman–Crippen MR) is 98.2 cm³/mol. The standard InChI is InChI=1S/C18H24N2O5S/c1-18(2,3)19-17(21)20(13-16-9-6-10-24-16)12-14-7-5-8-15(11-14)25-26(4,22)23/h5-11H,12-13H2,1-4H3,(H,19,21). The molecule has 0 aliphatic rings. The van der Waals surface area contributed by atoms with Crippen molar-refractivity contribution in [3.8, 4) is 5.75 Å². The van der Waals surface area contributed by atoms with Crippen molar-refractivity contribution in [1.82, 2.24) is 10.2 Å². The van der Waals surface area contributed by atoms with Gasteiger partial charge in [0.2, 0.25) is 0 Å². The molecule has 142 valence electrons. The second-order valence-corrected chi connectivity index (χ2v) is 8.63. The third kappa shape index (κ3) is 6.79. The van der Waals surface area contributed by atoms with E-state index < -0.39 is 10.1 Å². The van der Waals surface area contributed by atoms with Crippen LogP contribution in [0.5, 0.6) is 5.75 Å². The Morgan fingerprint density at radius 1 is 1.19 bits per heavy atom. The minimum Gasteiger partial charge on any atom is -0.467 e. The molecule has 0 spiro atoms. The Morgan fingerprint density at radius 3 is 2.50 bits per heavy atom. The number of hydrogen-bond acceptors (Lipinski definition) is 5. The van der Waals surface area contributed by atoms with Gasteiger partial charge in [-0.05, 0) is 50.6 Å². The van der Waals surface area contributed by atoms with Crippen LogP contribution in [0.2, 0.25) is 0 Å². The topological polar surface area (TPSA) is 88.9 Å². The molecular formula is C18H24N2O5S. The van der Waals surface area contributed by atoms with Gasteiger partial charge in [0, 0.05) is 12.1 Å². The summed E-state index contributed by atoms with van der Waals surface area (Å²) in [6, 6.07) is 9.94. The highest BCUT2D eigenvalue weighted by Crippen LogP contribution is 2.18. The van der Waals surface area contributed by atoms with Crippen LogP contribution < -0.4 is 9.50 Å². The zero-order chi connectivity index (χ0) is 19.4. The number of urea groups is 1. The van der Waals surface area contributed by atoms with Crippen molar-refractivity contribution in [2.75, 3.05) is 6.26 Å². The lowest BCUT2D eigenvalue weighted by atomic mass is 10.1. The van der Waals surface area contributed by atoms with Gasteiger partial charge in [0.05, 0.1) is 19.1 Å². The van der Waals surface area contributed by atoms with Crippen LogP contribution in [-0.4, -0.2) is 31.1 Å². The molecule has 0 atom stereocenters. The lowest BCUT2D eigenvalue weighted by Gasteiger charge is -2.28. The Morgan fingerprint density at radius 2 is 1.92 bits per heavy atom. The molecule has 2 amide bonds. The largest absolute Gasteiger partial charge is 0.467 e. The predicted octanol–water partition coefficient (Wildman–Crippen LogP) is 3.13. The molecule has 1 aromatic heterocycles. The van der Waals surface area contributed by atoms with E-state index in [4.69, 9.17) is 8.60 Å². The third-order valence-corrected chi connectivity index (χ3v) is 3.71. The second-order valence-electron chi connectivity index (χ2n) is 7.05. The van der Waals surface area contributed by atoms with Crippen LogP contribution in [0, 0.1) is 0 Å². The fourth-order valence-corrected chi connectivity index (χ4v) is 2.73. The molecular weight excluding hydrogens is 356 g/mol. The molecule has 0 bridgehead atoms. The summed E-state index contributed by atoms with van der Waals surface area (Å²) in [5, 5.41) is 2.92. The number of benzene rings is 1. The lowest BCUT2D eigenvalue weighted by Crippen LogP contribution is -2.47. The van der Waals surface area contributed by atoms with Crippen LogP contribution in [-0.2, 0) is 23.2 Å². The highest BCUT2D eigenvalue weighted by atomic mass is 32.2. The van der Waals surface area contributed by atoms with Crippen molar-refractivity contribution in [1.29, 1.82) is 0 Å². The van der Waals surface area contributed by atoms with Gasteiger partial charge in [-0.25, -0.2) is 4.79 Å². The maximum absolute atomic E-state index is 12.6. The van der Waals surface area contributed by atoms with E-state index in [1.807, 2.05) is 20.8 Å². The highest BCUT2D eigenvalue weighted by molar-refractivity contribution is 7.86. The van der Waals surface area contributed by atoms with E-state index in [2.05, 4.69) is 5.32 Å². The second kappa shape index (κ2) is 7.82. The van der Waals surface area contributed by atoms with Gasteiger partial charge in [-0.1, -0.05) is 12.1 Å². The molecule has 1 N–H and O–H groups in total. The van der Waals surface area contributed by atoms with Gasteiger partial charge >= 0.3 is 16.1 Å². The van der Waals surface area contributed by atoms with Gasteiger partial charge in [0.15, 0.2) is 0 Å². The minimum atomic E-state index is -3.61. The maximum atomic E-state index is 12.6. The summed E-state index contributed by atoms with van der Waals surface area (Å²) >= 11 is 0. The zero-order valence-corrected chi connectivity index (χ0v) is 16.2. The first-order chi connectivity index (χ1) is 12.0. The van der Waals surface area contributed by atoms with Gasteiger partial charge < -0.3 is 18.8 Å². The number of carbonyl (C=O) groups excluding carboxylic acids is 1. The average molecular weight is 380 g/mol. The van der Waals surface area contributed by atoms with E-state index in [-0.39, 0.29) is 30.4 Å². The number of amides is 2. The van der Waals surface area contributed by atoms with Crippen molar-refractivity contribution in [2.24, 2.45) is 0 Å². The average Bonchev–Trinajstić information content (AvgIpc) is 2.96. The number of furan rings is 1. The smallest absolute Gasteiger partial charge is 0.318 e. The molecule has 1 heterocycles. The van der Waals surface area contributed by atoms with Crippen LogP contribution in [0.25, 0.3) is 0 Å². The first kappa shape index (κ1) is 19.8. The number of nitrogens with zero attached hydrogens (tertiary/aromatic N) is 1. The summed E-state index contributed by atoms with van der Waals surface area (Å²) < 4.78 is 32.9. The third-order valence-electron chi connectivity index (χ3n) is 3.22. The summed E-state index contributed by atoms with van der Waals surface area (Å²) in [6.07, 6.45) is 2.54. The number of carbonyl (C=O) groups is 1. The van der Waals surface area contributed by atoms with Crippen LogP contribution in [0.4, 0.5) is 4.79 Å². The van der Waals surface area contributed by atoms with Crippen LogP contribution >= 0.6 is 0 Å². The van der Waals surface area contributed by atoms with Crippen molar-refractivity contribution < 1.29 is 21.8 Å². The lowest BCUT2D eigenvalue weighted by molar-refractivity contribution is 0.178. The Hall–Kier alpha value is -2.48. The molecule has 1 aromatic carbocycles. The van der Waals surface area contributed by atoms with Crippen LogP contribution in [0.1, 0.15) is 32.1 Å². The number of nitrogens with one attached hydrogen (secondary N) is 1. The van der Waals surface area contributed by atoms with Crippen molar-refractivity contribution in [2.45, 2.75) is 39.4 Å². The zero-order valence-electron chi connectivity index (χ0n) is 15.4. The molecule has 2 rings (SSSR count). The van der Waals surface area contributed by atoms with E-state index in [1.165, 1.54) is 0 Å². The summed E-state index contributed by atoms with van der Waals surface area (Å²) in [5.74, 6) is 0.858. The van der Waals surface area contributed by atoms with Gasteiger partial charge in [-0.3, -0.25) is 0 Å².